The molecule has 6 heteroatoms. The minimum atomic E-state index is -0.805. The molecule has 0 bridgehead atoms. The highest BCUT2D eigenvalue weighted by Crippen LogP contribution is 2.38. The van der Waals surface area contributed by atoms with Gasteiger partial charge in [-0.3, -0.25) is 4.79 Å². The van der Waals surface area contributed by atoms with Crippen molar-refractivity contribution in [2.45, 2.75) is 38.6 Å². The smallest absolute Gasteiger partial charge is 0.234 e. The monoisotopic (exact) mass is 256 g/mol. The van der Waals surface area contributed by atoms with Crippen molar-refractivity contribution in [3.05, 3.63) is 0 Å². The molecule has 0 aromatic rings. The fourth-order valence-electron chi connectivity index (χ4n) is 2.27. The van der Waals surface area contributed by atoms with Crippen LogP contribution in [-0.4, -0.2) is 48.5 Å². The first kappa shape index (κ1) is 14.8. The van der Waals surface area contributed by atoms with E-state index >= 15 is 0 Å². The molecule has 1 rings (SSSR count). The van der Waals surface area contributed by atoms with E-state index in [2.05, 4.69) is 10.5 Å². The molecule has 4 N–H and O–H groups in total. The number of carbonyl (C=O) groups excluding carboxylic acids is 1. The molecule has 6 nitrogen and oxygen atoms in total. The lowest BCUT2D eigenvalue weighted by Crippen LogP contribution is -2.50. The van der Waals surface area contributed by atoms with Gasteiger partial charge >= 0.3 is 0 Å². The lowest BCUT2D eigenvalue weighted by Gasteiger charge is -2.28. The van der Waals surface area contributed by atoms with Gasteiger partial charge in [0.25, 0.3) is 0 Å². The molecular weight excluding hydrogens is 232 g/mol. The number of carbonyl (C=O) groups is 1. The summed E-state index contributed by atoms with van der Waals surface area (Å²) in [7, 11) is 3.93. The van der Waals surface area contributed by atoms with E-state index in [-0.39, 0.29) is 17.8 Å². The van der Waals surface area contributed by atoms with Crippen molar-refractivity contribution in [2.75, 3.05) is 20.6 Å². The summed E-state index contributed by atoms with van der Waals surface area (Å²) < 4.78 is 0. The maximum absolute atomic E-state index is 12.3. The Bertz CT molecular complexity index is 322. The Balaban J connectivity index is 2.68. The van der Waals surface area contributed by atoms with Crippen molar-refractivity contribution in [1.29, 1.82) is 0 Å². The summed E-state index contributed by atoms with van der Waals surface area (Å²) in [5, 5.41) is 14.8. The molecule has 0 aromatic carbocycles. The second kappa shape index (κ2) is 6.04. The van der Waals surface area contributed by atoms with Crippen molar-refractivity contribution in [3.8, 4) is 0 Å². The molecule has 0 saturated heterocycles. The molecular formula is C12H24N4O2. The molecule has 0 heterocycles. The number of likely N-dealkylation sites (N-methyl/N-ethyl adjacent to an activating group) is 1. The van der Waals surface area contributed by atoms with E-state index in [1.54, 1.807) is 0 Å². The first-order valence-corrected chi connectivity index (χ1v) is 6.37. The van der Waals surface area contributed by atoms with Crippen LogP contribution in [0.3, 0.4) is 0 Å². The first-order chi connectivity index (χ1) is 8.44. The summed E-state index contributed by atoms with van der Waals surface area (Å²) in [5.74, 6) is -0.0843. The molecule has 104 valence electrons. The van der Waals surface area contributed by atoms with Crippen LogP contribution in [0.4, 0.5) is 0 Å². The molecule has 1 saturated carbocycles. The molecule has 1 amide bonds. The summed E-state index contributed by atoms with van der Waals surface area (Å²) in [6.45, 7) is 2.59. The normalized spacial score (nSPS) is 21.0. The van der Waals surface area contributed by atoms with E-state index in [4.69, 9.17) is 10.9 Å². The Morgan fingerprint density at radius 2 is 2.06 bits per heavy atom. The van der Waals surface area contributed by atoms with Crippen LogP contribution in [0.1, 0.15) is 32.6 Å². The fraction of sp³-hybridized carbons (Fsp3) is 0.833. The van der Waals surface area contributed by atoms with Gasteiger partial charge in [-0.1, -0.05) is 18.0 Å². The van der Waals surface area contributed by atoms with Crippen LogP contribution in [0.15, 0.2) is 5.16 Å². The van der Waals surface area contributed by atoms with E-state index < -0.39 is 5.41 Å². The molecule has 1 aliphatic carbocycles. The van der Waals surface area contributed by atoms with Crippen LogP contribution in [0.2, 0.25) is 0 Å². The van der Waals surface area contributed by atoms with Crippen molar-refractivity contribution in [3.63, 3.8) is 0 Å². The average molecular weight is 256 g/mol. The number of hydrogen-bond acceptors (Lipinski definition) is 4. The molecule has 1 fully saturated rings. The number of nitrogens with one attached hydrogen (secondary N) is 1. The van der Waals surface area contributed by atoms with E-state index in [1.165, 1.54) is 0 Å². The topological polar surface area (TPSA) is 91.0 Å². The van der Waals surface area contributed by atoms with Gasteiger partial charge in [0.1, 0.15) is 5.41 Å². The van der Waals surface area contributed by atoms with Gasteiger partial charge in [0.15, 0.2) is 5.84 Å². The Morgan fingerprint density at radius 3 is 2.50 bits per heavy atom. The quantitative estimate of drug-likeness (QED) is 0.287. The third-order valence-electron chi connectivity index (χ3n) is 3.93. The van der Waals surface area contributed by atoms with E-state index in [0.29, 0.717) is 19.4 Å². The highest BCUT2D eigenvalue weighted by Gasteiger charge is 2.45. The van der Waals surface area contributed by atoms with Gasteiger partial charge in [-0.2, -0.15) is 0 Å². The number of nitrogens with zero attached hydrogens (tertiary/aromatic N) is 2. The van der Waals surface area contributed by atoms with Crippen molar-refractivity contribution in [1.82, 2.24) is 10.2 Å². The standard InChI is InChI=1S/C12H24N4O2/c1-9(16(2)3)8-14-11(17)12(10(13)15-18)6-4-5-7-12/h9,18H,4-8H2,1-3H3,(H2,13,15)(H,14,17). The lowest BCUT2D eigenvalue weighted by molar-refractivity contribution is -0.127. The van der Waals surface area contributed by atoms with Gasteiger partial charge in [0, 0.05) is 12.6 Å². The summed E-state index contributed by atoms with van der Waals surface area (Å²) in [4.78, 5) is 14.3. The molecule has 1 aliphatic rings. The van der Waals surface area contributed by atoms with E-state index in [0.717, 1.165) is 12.8 Å². The average Bonchev–Trinajstić information content (AvgIpc) is 2.84. The molecule has 0 aliphatic heterocycles. The van der Waals surface area contributed by atoms with Gasteiger partial charge in [-0.15, -0.1) is 0 Å². The summed E-state index contributed by atoms with van der Waals surface area (Å²) in [5.41, 5.74) is 4.90. The van der Waals surface area contributed by atoms with Crippen LogP contribution in [0.25, 0.3) is 0 Å². The molecule has 0 spiro atoms. The minimum Gasteiger partial charge on any atom is -0.409 e. The van der Waals surface area contributed by atoms with Gasteiger partial charge in [-0.05, 0) is 33.9 Å². The Kier molecular flexibility index (Phi) is 4.95. The third kappa shape index (κ3) is 2.93. The Hall–Kier alpha value is -1.30. The Morgan fingerprint density at radius 1 is 1.50 bits per heavy atom. The molecule has 0 aromatic heterocycles. The number of rotatable bonds is 5. The van der Waals surface area contributed by atoms with Crippen LogP contribution in [0.5, 0.6) is 0 Å². The summed E-state index contributed by atoms with van der Waals surface area (Å²) >= 11 is 0. The molecule has 1 unspecified atom stereocenters. The maximum Gasteiger partial charge on any atom is 0.234 e. The van der Waals surface area contributed by atoms with Gasteiger partial charge in [0.05, 0.1) is 0 Å². The predicted molar refractivity (Wildman–Crippen MR) is 70.5 cm³/mol. The molecule has 0 radical (unpaired) electrons. The number of hydrogen-bond donors (Lipinski definition) is 3. The van der Waals surface area contributed by atoms with Crippen molar-refractivity contribution < 1.29 is 10.0 Å². The number of oxime groups is 1. The van der Waals surface area contributed by atoms with E-state index in [1.807, 2.05) is 25.9 Å². The molecule has 1 atom stereocenters. The maximum atomic E-state index is 12.3. The zero-order valence-electron chi connectivity index (χ0n) is 11.4. The van der Waals surface area contributed by atoms with Crippen LogP contribution in [-0.2, 0) is 4.79 Å². The number of amidine groups is 1. The lowest BCUT2D eigenvalue weighted by atomic mass is 9.83. The number of amides is 1. The zero-order chi connectivity index (χ0) is 13.8. The zero-order valence-corrected chi connectivity index (χ0v) is 11.4. The second-order valence-electron chi connectivity index (χ2n) is 5.30. The molecule has 18 heavy (non-hydrogen) atoms. The van der Waals surface area contributed by atoms with E-state index in [9.17, 15) is 4.79 Å². The summed E-state index contributed by atoms with van der Waals surface area (Å²) in [6.07, 6.45) is 3.19. The van der Waals surface area contributed by atoms with Crippen LogP contribution in [0, 0.1) is 5.41 Å². The van der Waals surface area contributed by atoms with Crippen molar-refractivity contribution >= 4 is 11.7 Å². The van der Waals surface area contributed by atoms with Gasteiger partial charge < -0.3 is 21.2 Å². The SMILES string of the molecule is CC(CNC(=O)C1(C(N)=NO)CCCC1)N(C)C. The van der Waals surface area contributed by atoms with Crippen LogP contribution >= 0.6 is 0 Å². The fourth-order valence-corrected chi connectivity index (χ4v) is 2.27. The van der Waals surface area contributed by atoms with Crippen molar-refractivity contribution in [2.24, 2.45) is 16.3 Å². The highest BCUT2D eigenvalue weighted by molar-refractivity contribution is 6.07. The minimum absolute atomic E-state index is 0.0370. The Labute approximate surface area is 108 Å². The predicted octanol–water partition coefficient (Wildman–Crippen LogP) is 0.360. The third-order valence-corrected chi connectivity index (χ3v) is 3.93. The summed E-state index contributed by atoms with van der Waals surface area (Å²) in [6, 6.07) is 0.250. The highest BCUT2D eigenvalue weighted by atomic mass is 16.4. The second-order valence-corrected chi connectivity index (χ2v) is 5.30. The first-order valence-electron chi connectivity index (χ1n) is 6.37. The largest absolute Gasteiger partial charge is 0.409 e. The van der Waals surface area contributed by atoms with Gasteiger partial charge in [0.2, 0.25) is 5.91 Å². The van der Waals surface area contributed by atoms with Gasteiger partial charge in [-0.25, -0.2) is 0 Å². The number of nitrogens with two attached hydrogens (primary N) is 1. The van der Waals surface area contributed by atoms with Crippen LogP contribution < -0.4 is 11.1 Å².